The molecule has 5 aliphatic carbocycles. The molecule has 0 bridgehead atoms. The molecule has 6 rings (SSSR count). The summed E-state index contributed by atoms with van der Waals surface area (Å²) < 4.78 is 11.5. The number of hydrogen-bond donors (Lipinski definition) is 1. The lowest BCUT2D eigenvalue weighted by Crippen LogP contribution is -2.67. The van der Waals surface area contributed by atoms with E-state index in [4.69, 9.17) is 9.47 Å². The first-order valence-corrected chi connectivity index (χ1v) is 20.8. The van der Waals surface area contributed by atoms with Crippen molar-refractivity contribution in [1.82, 2.24) is 9.80 Å². The minimum atomic E-state index is -1.14. The SMILES string of the molecule is C=C(C)[C@@H]1CC[C@]2(CC(=O)N3CCN(CCOC)CC3)CC[C@]3(C)[C@H](CC[C@@H]4[C@@]5(C)CC[C@H](OC(=O)CC(C)(C)C(=O)O)C(C)(C)C5CC[C@]43C)[C@@H]12. The predicted octanol–water partition coefficient (Wildman–Crippen LogP) is 8.24. The fourth-order valence-electron chi connectivity index (χ4n) is 14.3. The molecular weight excluding hydrogens is 652 g/mol. The zero-order chi connectivity index (χ0) is 38.1. The summed E-state index contributed by atoms with van der Waals surface area (Å²) >= 11 is 0. The summed E-state index contributed by atoms with van der Waals surface area (Å²) in [5.74, 6) is 1.64. The number of allylic oxidation sites excluding steroid dienone is 1. The smallest absolute Gasteiger partial charge is 0.309 e. The van der Waals surface area contributed by atoms with E-state index in [2.05, 4.69) is 57.9 Å². The van der Waals surface area contributed by atoms with Gasteiger partial charge in [0.2, 0.25) is 5.91 Å². The number of amides is 1. The van der Waals surface area contributed by atoms with E-state index in [1.54, 1.807) is 21.0 Å². The molecule has 294 valence electrons. The Balaban J connectivity index is 1.21. The van der Waals surface area contributed by atoms with Crippen LogP contribution in [0.3, 0.4) is 0 Å². The van der Waals surface area contributed by atoms with Crippen LogP contribution in [0, 0.1) is 62.1 Å². The molecule has 1 heterocycles. The molecule has 5 saturated carbocycles. The van der Waals surface area contributed by atoms with Crippen molar-refractivity contribution in [2.75, 3.05) is 46.4 Å². The van der Waals surface area contributed by atoms with Gasteiger partial charge in [-0.25, -0.2) is 0 Å². The summed E-state index contributed by atoms with van der Waals surface area (Å²) in [6.45, 7) is 27.7. The van der Waals surface area contributed by atoms with Gasteiger partial charge in [-0.2, -0.15) is 0 Å². The lowest BCUT2D eigenvalue weighted by Gasteiger charge is -2.73. The topological polar surface area (TPSA) is 96.4 Å². The average molecular weight is 725 g/mol. The number of methoxy groups -OCH3 is 1. The van der Waals surface area contributed by atoms with Gasteiger partial charge in [-0.15, -0.1) is 0 Å². The van der Waals surface area contributed by atoms with Gasteiger partial charge in [-0.1, -0.05) is 46.8 Å². The maximum Gasteiger partial charge on any atom is 0.309 e. The zero-order valence-corrected chi connectivity index (χ0v) is 34.3. The number of carbonyl (C=O) groups is 3. The first-order valence-electron chi connectivity index (χ1n) is 20.8. The zero-order valence-electron chi connectivity index (χ0n) is 34.3. The number of aliphatic carboxylic acids is 1. The molecule has 1 saturated heterocycles. The van der Waals surface area contributed by atoms with Gasteiger partial charge in [0.25, 0.3) is 0 Å². The molecular formula is C44H72N2O6. The van der Waals surface area contributed by atoms with E-state index in [0.717, 1.165) is 71.4 Å². The van der Waals surface area contributed by atoms with E-state index in [9.17, 15) is 19.5 Å². The highest BCUT2D eigenvalue weighted by Gasteiger charge is 2.71. The number of carboxylic acid groups (broad SMARTS) is 1. The number of ether oxygens (including phenoxy) is 2. The van der Waals surface area contributed by atoms with Crippen LogP contribution in [0.25, 0.3) is 0 Å². The highest BCUT2D eigenvalue weighted by Crippen LogP contribution is 2.78. The lowest BCUT2D eigenvalue weighted by atomic mass is 9.32. The van der Waals surface area contributed by atoms with Crippen LogP contribution in [0.15, 0.2) is 12.2 Å². The van der Waals surface area contributed by atoms with Crippen molar-refractivity contribution in [1.29, 1.82) is 0 Å². The molecule has 8 heteroatoms. The van der Waals surface area contributed by atoms with E-state index in [1.807, 2.05) is 0 Å². The van der Waals surface area contributed by atoms with E-state index in [0.29, 0.717) is 41.9 Å². The summed E-state index contributed by atoms with van der Waals surface area (Å²) in [6.07, 6.45) is 11.7. The first kappa shape index (κ1) is 39.8. The van der Waals surface area contributed by atoms with Crippen molar-refractivity contribution in [2.24, 2.45) is 62.1 Å². The Kier molecular flexibility index (Phi) is 10.7. The number of esters is 1. The second-order valence-electron chi connectivity index (χ2n) is 20.6. The van der Waals surface area contributed by atoms with E-state index >= 15 is 0 Å². The van der Waals surface area contributed by atoms with Gasteiger partial charge in [0.05, 0.1) is 18.4 Å². The summed E-state index contributed by atoms with van der Waals surface area (Å²) in [6, 6.07) is 0. The Hall–Kier alpha value is -1.93. The molecule has 0 aromatic rings. The van der Waals surface area contributed by atoms with Crippen LogP contribution in [0.5, 0.6) is 0 Å². The van der Waals surface area contributed by atoms with Crippen LogP contribution in [-0.4, -0.2) is 85.3 Å². The largest absolute Gasteiger partial charge is 0.481 e. The molecule has 0 spiro atoms. The molecule has 1 N–H and O–H groups in total. The van der Waals surface area contributed by atoms with Crippen molar-refractivity contribution in [2.45, 2.75) is 139 Å². The number of fused-ring (bicyclic) bond motifs is 7. The third-order valence-electron chi connectivity index (χ3n) is 17.5. The number of rotatable bonds is 10. The van der Waals surface area contributed by atoms with E-state index in [-0.39, 0.29) is 45.6 Å². The molecule has 1 aliphatic heterocycles. The third-order valence-corrected chi connectivity index (χ3v) is 17.5. The molecule has 6 fully saturated rings. The third kappa shape index (κ3) is 6.39. The second kappa shape index (κ2) is 14.0. The number of piperazine rings is 1. The fourth-order valence-corrected chi connectivity index (χ4v) is 14.3. The summed E-state index contributed by atoms with van der Waals surface area (Å²) in [5.41, 5.74) is 0.598. The highest BCUT2D eigenvalue weighted by molar-refractivity contribution is 5.81. The first-order chi connectivity index (χ1) is 24.3. The predicted molar refractivity (Wildman–Crippen MR) is 204 cm³/mol. The number of nitrogens with zero attached hydrogens (tertiary/aromatic N) is 2. The van der Waals surface area contributed by atoms with Gasteiger partial charge in [0.1, 0.15) is 6.10 Å². The van der Waals surface area contributed by atoms with Gasteiger partial charge >= 0.3 is 11.9 Å². The van der Waals surface area contributed by atoms with Gasteiger partial charge in [-0.05, 0) is 136 Å². The van der Waals surface area contributed by atoms with Gasteiger partial charge < -0.3 is 19.5 Å². The monoisotopic (exact) mass is 725 g/mol. The molecule has 0 aromatic carbocycles. The quantitative estimate of drug-likeness (QED) is 0.179. The number of carboxylic acids is 1. The number of hydrogen-bond acceptors (Lipinski definition) is 6. The van der Waals surface area contributed by atoms with Crippen molar-refractivity contribution >= 4 is 17.8 Å². The molecule has 10 atom stereocenters. The Bertz CT molecular complexity index is 1400. The Morgan fingerprint density at radius 2 is 1.54 bits per heavy atom. The van der Waals surface area contributed by atoms with Crippen LogP contribution in [-0.2, 0) is 23.9 Å². The summed E-state index contributed by atoms with van der Waals surface area (Å²) in [7, 11) is 1.75. The normalized spacial score (nSPS) is 41.6. The minimum absolute atomic E-state index is 0.0709. The summed E-state index contributed by atoms with van der Waals surface area (Å²) in [4.78, 5) is 43.6. The summed E-state index contributed by atoms with van der Waals surface area (Å²) in [5, 5.41) is 9.62. The van der Waals surface area contributed by atoms with Crippen molar-refractivity contribution in [3.63, 3.8) is 0 Å². The molecule has 0 radical (unpaired) electrons. The van der Waals surface area contributed by atoms with Crippen molar-refractivity contribution < 1.29 is 29.0 Å². The Morgan fingerprint density at radius 3 is 2.17 bits per heavy atom. The van der Waals surface area contributed by atoms with Crippen LogP contribution in [0.1, 0.15) is 132 Å². The molecule has 1 unspecified atom stereocenters. The van der Waals surface area contributed by atoms with Gasteiger partial charge in [-0.3, -0.25) is 19.3 Å². The highest BCUT2D eigenvalue weighted by atomic mass is 16.5. The van der Waals surface area contributed by atoms with Crippen LogP contribution in [0.4, 0.5) is 0 Å². The van der Waals surface area contributed by atoms with Crippen molar-refractivity contribution in [3.8, 4) is 0 Å². The maximum atomic E-state index is 14.2. The molecule has 1 amide bonds. The second-order valence-corrected chi connectivity index (χ2v) is 20.6. The number of carbonyl (C=O) groups excluding carboxylic acids is 2. The maximum absolute atomic E-state index is 14.2. The standard InChI is InChI=1S/C44H72N2O6/c1-29(2)30-13-18-44(27-35(47)46-23-21-45(22-24-46)25-26-51-10)20-19-42(8)31(37(30)44)11-12-33-41(7)16-15-34(52-36(48)28-39(3,4)38(49)50)40(5,6)32(41)14-17-43(33,42)9/h30-34,37H,1,11-28H2,2-10H3,(H,49,50)/t30-,31+,32?,33+,34-,37+,41-,42+,43+,44+/m0/s1. The minimum Gasteiger partial charge on any atom is -0.481 e. The Morgan fingerprint density at radius 1 is 0.846 bits per heavy atom. The average Bonchev–Trinajstić information content (AvgIpc) is 3.45. The molecule has 6 aliphatic rings. The van der Waals surface area contributed by atoms with Crippen molar-refractivity contribution in [3.05, 3.63) is 12.2 Å². The van der Waals surface area contributed by atoms with Gasteiger partial charge in [0, 0.05) is 51.7 Å². The van der Waals surface area contributed by atoms with Gasteiger partial charge in [0.15, 0.2) is 0 Å². The fraction of sp³-hybridized carbons (Fsp3) is 0.886. The lowest BCUT2D eigenvalue weighted by molar-refractivity contribution is -0.250. The molecule has 52 heavy (non-hydrogen) atoms. The van der Waals surface area contributed by atoms with Crippen LogP contribution < -0.4 is 0 Å². The van der Waals surface area contributed by atoms with Crippen LogP contribution >= 0.6 is 0 Å². The van der Waals surface area contributed by atoms with E-state index < -0.39 is 11.4 Å². The van der Waals surface area contributed by atoms with Crippen LogP contribution in [0.2, 0.25) is 0 Å². The Labute approximate surface area is 315 Å². The molecule has 8 nitrogen and oxygen atoms in total. The van der Waals surface area contributed by atoms with E-state index in [1.165, 1.54) is 37.7 Å². The molecule has 0 aromatic heterocycles.